The van der Waals surface area contributed by atoms with Crippen LogP contribution >= 0.6 is 0 Å². The van der Waals surface area contributed by atoms with Crippen LogP contribution < -0.4 is 5.84 Å². The van der Waals surface area contributed by atoms with Crippen molar-refractivity contribution >= 4 is 5.91 Å². The number of hydrogen-bond donors (Lipinski definition) is 1. The smallest absolute Gasteiger partial charge is 0.246 e. The quantitative estimate of drug-likeness (QED) is 0.481. The van der Waals surface area contributed by atoms with E-state index >= 15 is 0 Å². The van der Waals surface area contributed by atoms with Crippen molar-refractivity contribution in [3.8, 4) is 0 Å². The van der Waals surface area contributed by atoms with Crippen molar-refractivity contribution < 1.29 is 4.79 Å². The summed E-state index contributed by atoms with van der Waals surface area (Å²) in [6.07, 6.45) is 1.83. The highest BCUT2D eigenvalue weighted by atomic mass is 16.2. The molecule has 0 aromatic heterocycles. The molecular weight excluding hydrogens is 212 g/mol. The molecule has 0 heterocycles. The van der Waals surface area contributed by atoms with Crippen LogP contribution in [0.25, 0.3) is 0 Å². The summed E-state index contributed by atoms with van der Waals surface area (Å²) in [5.41, 5.74) is 4.52. The maximum atomic E-state index is 12.2. The second-order valence-corrected chi connectivity index (χ2v) is 5.25. The Balaban J connectivity index is 2.48. The minimum Gasteiger partial charge on any atom is -0.283 e. The number of nitrogens with two attached hydrogens (primary N) is 1. The van der Waals surface area contributed by atoms with Crippen LogP contribution in [0.4, 0.5) is 0 Å². The van der Waals surface area contributed by atoms with E-state index in [0.29, 0.717) is 0 Å². The van der Waals surface area contributed by atoms with Crippen molar-refractivity contribution in [2.45, 2.75) is 39.0 Å². The fraction of sp³-hybridized carbons (Fsp3) is 0.500. The van der Waals surface area contributed by atoms with Crippen molar-refractivity contribution in [3.63, 3.8) is 0 Å². The first-order valence-corrected chi connectivity index (χ1v) is 5.99. The second-order valence-electron chi connectivity index (χ2n) is 5.25. The standard InChI is InChI=1S/C14H20N2O/c1-9-7-11(3)12(8-10(9)2)14(5-6-14)13(17)16(4)15/h7-8H,5-6,15H2,1-4H3. The third-order valence-electron chi connectivity index (χ3n) is 3.84. The molecule has 1 aliphatic carbocycles. The van der Waals surface area contributed by atoms with Gasteiger partial charge in [-0.05, 0) is 55.9 Å². The van der Waals surface area contributed by atoms with Gasteiger partial charge in [0.25, 0.3) is 0 Å². The van der Waals surface area contributed by atoms with E-state index in [1.807, 2.05) is 0 Å². The Labute approximate surface area is 103 Å². The molecule has 1 saturated carbocycles. The van der Waals surface area contributed by atoms with Gasteiger partial charge >= 0.3 is 0 Å². The molecular formula is C14H20N2O. The van der Waals surface area contributed by atoms with Gasteiger partial charge in [0, 0.05) is 7.05 Å². The van der Waals surface area contributed by atoms with Crippen LogP contribution in [0.2, 0.25) is 0 Å². The summed E-state index contributed by atoms with van der Waals surface area (Å²) < 4.78 is 0. The molecule has 1 aromatic rings. The number of carbonyl (C=O) groups excluding carboxylic acids is 1. The van der Waals surface area contributed by atoms with Crippen LogP contribution in [0.5, 0.6) is 0 Å². The zero-order valence-corrected chi connectivity index (χ0v) is 11.0. The van der Waals surface area contributed by atoms with E-state index < -0.39 is 0 Å². The second kappa shape index (κ2) is 3.84. The van der Waals surface area contributed by atoms with Crippen LogP contribution in [0.15, 0.2) is 12.1 Å². The van der Waals surface area contributed by atoms with Crippen molar-refractivity contribution in [2.24, 2.45) is 5.84 Å². The lowest BCUT2D eigenvalue weighted by Crippen LogP contribution is -2.41. The molecule has 3 heteroatoms. The van der Waals surface area contributed by atoms with Crippen LogP contribution in [0.3, 0.4) is 0 Å². The molecule has 0 saturated heterocycles. The van der Waals surface area contributed by atoms with Crippen LogP contribution in [0, 0.1) is 20.8 Å². The highest BCUT2D eigenvalue weighted by molar-refractivity contribution is 5.91. The molecule has 0 atom stereocenters. The van der Waals surface area contributed by atoms with Gasteiger partial charge in [-0.1, -0.05) is 12.1 Å². The molecule has 3 nitrogen and oxygen atoms in total. The number of aryl methyl sites for hydroxylation is 3. The molecule has 0 unspecified atom stereocenters. The van der Waals surface area contributed by atoms with Crippen LogP contribution in [0.1, 0.15) is 35.1 Å². The number of rotatable bonds is 2. The van der Waals surface area contributed by atoms with E-state index in [1.165, 1.54) is 21.7 Å². The van der Waals surface area contributed by atoms with E-state index in [9.17, 15) is 4.79 Å². The fourth-order valence-corrected chi connectivity index (χ4v) is 2.54. The molecule has 2 N–H and O–H groups in total. The molecule has 17 heavy (non-hydrogen) atoms. The predicted octanol–water partition coefficient (Wildman–Crippen LogP) is 1.98. The topological polar surface area (TPSA) is 46.3 Å². The predicted molar refractivity (Wildman–Crippen MR) is 68.5 cm³/mol. The first-order valence-electron chi connectivity index (χ1n) is 5.99. The molecule has 92 valence electrons. The van der Waals surface area contributed by atoms with E-state index in [2.05, 4.69) is 32.9 Å². The summed E-state index contributed by atoms with van der Waals surface area (Å²) in [5, 5.41) is 1.22. The first kappa shape index (κ1) is 12.1. The Morgan fingerprint density at radius 1 is 1.18 bits per heavy atom. The number of likely N-dealkylation sites (N-methyl/N-ethyl adjacent to an activating group) is 1. The van der Waals surface area contributed by atoms with E-state index in [4.69, 9.17) is 5.84 Å². The maximum Gasteiger partial charge on any atom is 0.246 e. The number of amides is 1. The summed E-state index contributed by atoms with van der Waals surface area (Å²) in [6.45, 7) is 6.26. The molecule has 1 aliphatic rings. The Morgan fingerprint density at radius 2 is 1.71 bits per heavy atom. The number of hydrazine groups is 1. The number of hydrogen-bond acceptors (Lipinski definition) is 2. The minimum absolute atomic E-state index is 0.0313. The molecule has 0 aliphatic heterocycles. The van der Waals surface area contributed by atoms with Crippen LogP contribution in [-0.4, -0.2) is 18.0 Å². The molecule has 2 rings (SSSR count). The lowest BCUT2D eigenvalue weighted by molar-refractivity contribution is -0.132. The monoisotopic (exact) mass is 232 g/mol. The van der Waals surface area contributed by atoms with Crippen molar-refractivity contribution in [3.05, 3.63) is 34.4 Å². The van der Waals surface area contributed by atoms with Gasteiger partial charge in [-0.25, -0.2) is 5.84 Å². The minimum atomic E-state index is -0.341. The highest BCUT2D eigenvalue weighted by Crippen LogP contribution is 2.50. The molecule has 0 bridgehead atoms. The molecule has 0 radical (unpaired) electrons. The Kier molecular flexibility index (Phi) is 2.74. The molecule has 1 aromatic carbocycles. The van der Waals surface area contributed by atoms with Gasteiger partial charge in [-0.15, -0.1) is 0 Å². The normalized spacial score (nSPS) is 16.8. The summed E-state index contributed by atoms with van der Waals surface area (Å²) in [7, 11) is 1.62. The van der Waals surface area contributed by atoms with Gasteiger partial charge in [0.2, 0.25) is 5.91 Å². The molecule has 1 fully saturated rings. The molecule has 0 spiro atoms. The molecule has 1 amide bonds. The number of nitrogens with zero attached hydrogens (tertiary/aromatic N) is 1. The zero-order chi connectivity index (χ0) is 12.8. The SMILES string of the molecule is Cc1cc(C)c(C2(C(=O)N(C)N)CC2)cc1C. The largest absolute Gasteiger partial charge is 0.283 e. The summed E-state index contributed by atoms with van der Waals surface area (Å²) in [6, 6.07) is 4.31. The van der Waals surface area contributed by atoms with Gasteiger partial charge in [-0.2, -0.15) is 0 Å². The van der Waals surface area contributed by atoms with E-state index in [0.717, 1.165) is 18.4 Å². The van der Waals surface area contributed by atoms with Gasteiger partial charge in [0.05, 0.1) is 5.41 Å². The van der Waals surface area contributed by atoms with E-state index in [1.54, 1.807) is 7.05 Å². The third-order valence-corrected chi connectivity index (χ3v) is 3.84. The number of benzene rings is 1. The Morgan fingerprint density at radius 3 is 2.18 bits per heavy atom. The van der Waals surface area contributed by atoms with Gasteiger partial charge in [-0.3, -0.25) is 9.80 Å². The van der Waals surface area contributed by atoms with Crippen molar-refractivity contribution in [1.29, 1.82) is 0 Å². The van der Waals surface area contributed by atoms with E-state index in [-0.39, 0.29) is 11.3 Å². The average molecular weight is 232 g/mol. The van der Waals surface area contributed by atoms with Crippen molar-refractivity contribution in [1.82, 2.24) is 5.01 Å². The van der Waals surface area contributed by atoms with Gasteiger partial charge in [0.1, 0.15) is 0 Å². The lowest BCUT2D eigenvalue weighted by atomic mass is 9.88. The maximum absolute atomic E-state index is 12.2. The lowest BCUT2D eigenvalue weighted by Gasteiger charge is -2.22. The third kappa shape index (κ3) is 1.84. The number of carbonyl (C=O) groups is 1. The summed E-state index contributed by atoms with van der Waals surface area (Å²) >= 11 is 0. The Hall–Kier alpha value is -1.35. The van der Waals surface area contributed by atoms with Gasteiger partial charge in [0.15, 0.2) is 0 Å². The zero-order valence-electron chi connectivity index (χ0n) is 11.0. The fourth-order valence-electron chi connectivity index (χ4n) is 2.54. The highest BCUT2D eigenvalue weighted by Gasteiger charge is 2.53. The summed E-state index contributed by atoms with van der Waals surface area (Å²) in [4.78, 5) is 12.2. The summed E-state index contributed by atoms with van der Waals surface area (Å²) in [5.74, 6) is 5.63. The van der Waals surface area contributed by atoms with Crippen LogP contribution in [-0.2, 0) is 10.2 Å². The first-order chi connectivity index (χ1) is 7.88. The Bertz CT molecular complexity index is 473. The van der Waals surface area contributed by atoms with Crippen molar-refractivity contribution in [2.75, 3.05) is 7.05 Å². The van der Waals surface area contributed by atoms with Gasteiger partial charge < -0.3 is 0 Å². The average Bonchev–Trinajstić information content (AvgIpc) is 3.03.